The van der Waals surface area contributed by atoms with Gasteiger partial charge in [0.2, 0.25) is 0 Å². The third-order valence-corrected chi connectivity index (χ3v) is 4.08. The smallest absolute Gasteiger partial charge is 0.251 e. The van der Waals surface area contributed by atoms with Crippen LogP contribution in [0.2, 0.25) is 5.02 Å². The Kier molecular flexibility index (Phi) is 4.71. The van der Waals surface area contributed by atoms with Gasteiger partial charge >= 0.3 is 0 Å². The fourth-order valence-corrected chi connectivity index (χ4v) is 1.49. The van der Waals surface area contributed by atoms with Crippen LogP contribution in [-0.4, -0.2) is 23.5 Å². The third-order valence-electron chi connectivity index (χ3n) is 2.49. The van der Waals surface area contributed by atoms with Gasteiger partial charge in [-0.05, 0) is 38.3 Å². The summed E-state index contributed by atoms with van der Waals surface area (Å²) in [5.74, 6) is -0.129. The van der Waals surface area contributed by atoms with Crippen LogP contribution in [0.15, 0.2) is 18.2 Å². The maximum absolute atomic E-state index is 11.9. The van der Waals surface area contributed by atoms with Crippen molar-refractivity contribution in [2.75, 3.05) is 18.5 Å². The molecule has 1 aromatic rings. The minimum absolute atomic E-state index is 0.0215. The van der Waals surface area contributed by atoms with Crippen LogP contribution in [0.25, 0.3) is 0 Å². The molecule has 1 rings (SSSR count). The van der Waals surface area contributed by atoms with Gasteiger partial charge in [0.25, 0.3) is 5.91 Å². The molecule has 5 heteroatoms. The fourth-order valence-electron chi connectivity index (χ4n) is 1.15. The highest BCUT2D eigenvalue weighted by atomic mass is 35.5. The van der Waals surface area contributed by atoms with Crippen molar-refractivity contribution in [3.05, 3.63) is 28.8 Å². The van der Waals surface area contributed by atoms with Gasteiger partial charge in [-0.15, -0.1) is 0 Å². The lowest BCUT2D eigenvalue weighted by atomic mass is 10.1. The first-order chi connectivity index (χ1) is 7.85. The highest BCUT2D eigenvalue weighted by Crippen LogP contribution is 2.21. The maximum Gasteiger partial charge on any atom is 0.251 e. The van der Waals surface area contributed by atoms with E-state index in [0.717, 1.165) is 0 Å². The van der Waals surface area contributed by atoms with Gasteiger partial charge in [0.1, 0.15) is 0 Å². The SMILES string of the molecule is CSC(C)(C)CNC(=O)c1ccc(Cl)c(N)c1. The van der Waals surface area contributed by atoms with Crippen molar-refractivity contribution in [3.8, 4) is 0 Å². The number of benzene rings is 1. The number of thioether (sulfide) groups is 1. The first kappa shape index (κ1) is 14.2. The number of nitrogens with two attached hydrogens (primary N) is 1. The summed E-state index contributed by atoms with van der Waals surface area (Å²) in [7, 11) is 0. The minimum Gasteiger partial charge on any atom is -0.398 e. The van der Waals surface area contributed by atoms with Crippen molar-refractivity contribution in [2.45, 2.75) is 18.6 Å². The largest absolute Gasteiger partial charge is 0.398 e. The van der Waals surface area contributed by atoms with Crippen LogP contribution in [0.1, 0.15) is 24.2 Å². The third kappa shape index (κ3) is 4.13. The van der Waals surface area contributed by atoms with Crippen LogP contribution in [0, 0.1) is 0 Å². The number of amides is 1. The molecule has 94 valence electrons. The molecule has 0 unspecified atom stereocenters. The number of hydrogen-bond acceptors (Lipinski definition) is 3. The summed E-state index contributed by atoms with van der Waals surface area (Å²) in [4.78, 5) is 11.9. The maximum atomic E-state index is 11.9. The topological polar surface area (TPSA) is 55.1 Å². The second-order valence-corrected chi connectivity index (χ2v) is 6.30. The van der Waals surface area contributed by atoms with E-state index in [4.69, 9.17) is 17.3 Å². The number of nitrogen functional groups attached to an aromatic ring is 1. The quantitative estimate of drug-likeness (QED) is 0.829. The van der Waals surface area contributed by atoms with Crippen molar-refractivity contribution in [1.29, 1.82) is 0 Å². The molecule has 0 saturated heterocycles. The number of rotatable bonds is 4. The first-order valence-corrected chi connectivity index (χ1v) is 6.84. The molecule has 0 heterocycles. The number of anilines is 1. The Labute approximate surface area is 111 Å². The van der Waals surface area contributed by atoms with Gasteiger partial charge in [-0.3, -0.25) is 4.79 Å². The Hall–Kier alpha value is -0.870. The standard InChI is InChI=1S/C12H17ClN2OS/c1-12(2,17-3)7-15-11(16)8-4-5-9(13)10(14)6-8/h4-6H,7,14H2,1-3H3,(H,15,16). The predicted octanol–water partition coefficient (Wildman–Crippen LogP) is 2.79. The molecule has 3 nitrogen and oxygen atoms in total. The Morgan fingerprint density at radius 1 is 1.53 bits per heavy atom. The molecule has 0 spiro atoms. The second kappa shape index (κ2) is 5.65. The number of halogens is 1. The van der Waals surface area contributed by atoms with Gasteiger partial charge in [0, 0.05) is 16.9 Å². The molecule has 0 aromatic heterocycles. The molecule has 0 radical (unpaired) electrons. The fraction of sp³-hybridized carbons (Fsp3) is 0.417. The van der Waals surface area contributed by atoms with Gasteiger partial charge in [0.15, 0.2) is 0 Å². The van der Waals surface area contributed by atoms with E-state index in [-0.39, 0.29) is 10.7 Å². The minimum atomic E-state index is -0.129. The van der Waals surface area contributed by atoms with E-state index in [1.165, 1.54) is 0 Å². The Balaban J connectivity index is 2.68. The van der Waals surface area contributed by atoms with Crippen molar-refractivity contribution in [2.24, 2.45) is 0 Å². The van der Waals surface area contributed by atoms with Gasteiger partial charge in [0.05, 0.1) is 10.7 Å². The summed E-state index contributed by atoms with van der Waals surface area (Å²) in [6, 6.07) is 4.88. The molecule has 0 aliphatic heterocycles. The van der Waals surface area contributed by atoms with Gasteiger partial charge in [-0.1, -0.05) is 11.6 Å². The Bertz CT molecular complexity index is 421. The molecule has 0 aliphatic rings. The first-order valence-electron chi connectivity index (χ1n) is 5.24. The van der Waals surface area contributed by atoms with Crippen LogP contribution in [0.4, 0.5) is 5.69 Å². The summed E-state index contributed by atoms with van der Waals surface area (Å²) >= 11 is 7.51. The zero-order valence-electron chi connectivity index (χ0n) is 10.2. The van der Waals surface area contributed by atoms with E-state index in [1.54, 1.807) is 30.0 Å². The van der Waals surface area contributed by atoms with Crippen LogP contribution in [-0.2, 0) is 0 Å². The molecular weight excluding hydrogens is 256 g/mol. The number of carbonyl (C=O) groups is 1. The highest BCUT2D eigenvalue weighted by Gasteiger charge is 2.17. The zero-order chi connectivity index (χ0) is 13.1. The number of carbonyl (C=O) groups excluding carboxylic acids is 1. The molecule has 0 bridgehead atoms. The van der Waals surface area contributed by atoms with E-state index in [0.29, 0.717) is 22.8 Å². The van der Waals surface area contributed by atoms with Gasteiger partial charge < -0.3 is 11.1 Å². The molecule has 0 aliphatic carbocycles. The van der Waals surface area contributed by atoms with E-state index in [2.05, 4.69) is 19.2 Å². The van der Waals surface area contributed by atoms with Crippen molar-refractivity contribution in [3.63, 3.8) is 0 Å². The summed E-state index contributed by atoms with van der Waals surface area (Å²) in [6.45, 7) is 4.76. The van der Waals surface area contributed by atoms with Crippen LogP contribution < -0.4 is 11.1 Å². The van der Waals surface area contributed by atoms with Crippen LogP contribution >= 0.6 is 23.4 Å². The lowest BCUT2D eigenvalue weighted by Crippen LogP contribution is -2.36. The molecule has 17 heavy (non-hydrogen) atoms. The van der Waals surface area contributed by atoms with Crippen LogP contribution in [0.3, 0.4) is 0 Å². The average molecular weight is 273 g/mol. The second-order valence-electron chi connectivity index (χ2n) is 4.38. The highest BCUT2D eigenvalue weighted by molar-refractivity contribution is 7.99. The molecule has 0 fully saturated rings. The summed E-state index contributed by atoms with van der Waals surface area (Å²) < 4.78 is 0.0215. The van der Waals surface area contributed by atoms with Crippen molar-refractivity contribution >= 4 is 35.0 Å². The molecule has 0 saturated carbocycles. The monoisotopic (exact) mass is 272 g/mol. The average Bonchev–Trinajstić information content (AvgIpc) is 2.30. The van der Waals surface area contributed by atoms with E-state index in [1.807, 2.05) is 6.26 Å². The molecule has 3 N–H and O–H groups in total. The van der Waals surface area contributed by atoms with Crippen LogP contribution in [0.5, 0.6) is 0 Å². The van der Waals surface area contributed by atoms with Crippen molar-refractivity contribution in [1.82, 2.24) is 5.32 Å². The van der Waals surface area contributed by atoms with Gasteiger partial charge in [-0.2, -0.15) is 11.8 Å². The van der Waals surface area contributed by atoms with E-state index >= 15 is 0 Å². The van der Waals surface area contributed by atoms with Crippen molar-refractivity contribution < 1.29 is 4.79 Å². The molecule has 1 amide bonds. The Morgan fingerprint density at radius 3 is 2.71 bits per heavy atom. The molecule has 0 atom stereocenters. The molecular formula is C12H17ClN2OS. The lowest BCUT2D eigenvalue weighted by molar-refractivity contribution is 0.0951. The lowest BCUT2D eigenvalue weighted by Gasteiger charge is -2.22. The van der Waals surface area contributed by atoms with Gasteiger partial charge in [-0.25, -0.2) is 0 Å². The molecule has 1 aromatic carbocycles. The van der Waals surface area contributed by atoms with E-state index < -0.39 is 0 Å². The zero-order valence-corrected chi connectivity index (χ0v) is 11.8. The summed E-state index contributed by atoms with van der Waals surface area (Å²) in [5.41, 5.74) is 6.60. The summed E-state index contributed by atoms with van der Waals surface area (Å²) in [5, 5.41) is 3.34. The summed E-state index contributed by atoms with van der Waals surface area (Å²) in [6.07, 6.45) is 2.02. The predicted molar refractivity (Wildman–Crippen MR) is 75.8 cm³/mol. The number of nitrogens with one attached hydrogen (secondary N) is 1. The normalized spacial score (nSPS) is 11.3. The van der Waals surface area contributed by atoms with E-state index in [9.17, 15) is 4.79 Å². The Morgan fingerprint density at radius 2 is 2.18 bits per heavy atom. The number of hydrogen-bond donors (Lipinski definition) is 2.